The Morgan fingerprint density at radius 3 is 2.50 bits per heavy atom. The summed E-state index contributed by atoms with van der Waals surface area (Å²) in [5, 5.41) is 15.0. The van der Waals surface area contributed by atoms with Gasteiger partial charge < -0.3 is 39.6 Å². The summed E-state index contributed by atoms with van der Waals surface area (Å²) in [5.74, 6) is -2.42. The van der Waals surface area contributed by atoms with Gasteiger partial charge in [-0.05, 0) is 89.3 Å². The fourth-order valence-electron chi connectivity index (χ4n) is 7.87. The summed E-state index contributed by atoms with van der Waals surface area (Å²) in [7, 11) is -2.50. The number of hydrogen-bond donors (Lipinski definition) is 4. The van der Waals surface area contributed by atoms with Crippen LogP contribution >= 0.6 is 0 Å². The number of nitrogens with one attached hydrogen (secondary N) is 3. The number of allylic oxidation sites excluding steroid dienone is 1. The first kappa shape index (κ1) is 42.5. The summed E-state index contributed by atoms with van der Waals surface area (Å²) in [6.45, 7) is 8.98. The molecule has 2 saturated carbocycles. The van der Waals surface area contributed by atoms with Crippen molar-refractivity contribution in [2.75, 3.05) is 13.7 Å². The number of carboxylic acid groups (broad SMARTS) is 1. The fraction of sp³-hybridized carbons (Fsp3) is 0.600. The number of nitrogens with zero attached hydrogens (tertiary/aromatic N) is 2. The maximum atomic E-state index is 14.9. The van der Waals surface area contributed by atoms with Gasteiger partial charge in [-0.1, -0.05) is 32.4 Å². The monoisotopic (exact) mass is 827 g/mol. The molecule has 2 aliphatic carbocycles. The van der Waals surface area contributed by atoms with E-state index in [1.807, 2.05) is 19.1 Å². The maximum absolute atomic E-state index is 14.9. The molecule has 2 aliphatic heterocycles. The molecule has 0 spiro atoms. The van der Waals surface area contributed by atoms with Crippen molar-refractivity contribution in [1.82, 2.24) is 25.2 Å². The van der Waals surface area contributed by atoms with Crippen LogP contribution in [-0.2, 0) is 29.1 Å². The number of carbonyl (C=O) groups excluding carboxylic acids is 4. The number of carbonyl (C=O) groups is 5. The smallest absolute Gasteiger partial charge is 0.497 e. The molecule has 6 rings (SSSR count). The minimum atomic E-state index is -3.95. The topological polar surface area (TPSA) is 229 Å². The van der Waals surface area contributed by atoms with Gasteiger partial charge in [0.1, 0.15) is 35.1 Å². The van der Waals surface area contributed by atoms with Crippen LogP contribution in [0, 0.1) is 17.8 Å². The Labute approximate surface area is 337 Å². The quantitative estimate of drug-likeness (QED) is 0.203. The molecule has 0 unspecified atom stereocenters. The van der Waals surface area contributed by atoms with Gasteiger partial charge in [0.25, 0.3) is 5.91 Å². The van der Waals surface area contributed by atoms with Gasteiger partial charge in [0, 0.05) is 23.1 Å². The molecule has 0 bridgehead atoms. The number of amides is 4. The number of benzene rings is 1. The normalized spacial score (nSPS) is 28.4. The van der Waals surface area contributed by atoms with Crippen LogP contribution < -0.4 is 29.6 Å². The summed E-state index contributed by atoms with van der Waals surface area (Å²) < 4.78 is 50.3. The molecule has 4 amide bonds. The Balaban J connectivity index is 1.38. The standard InChI is InChI=1S/C40H53N5O12S/c1-7-23-16-22(2)10-8-9-11-24-19-40(24,36(48)44-58(52,53)27-13-14-27)43-33(46)30-18-26(21-45(30)35(47)32(23)42-37(49)57-39(3,4)5)55-34-28-15-12-25(54-6)17-29(28)31(20-41-34)56-38(50)51/h9,11-12,15,17,20,22-24,26-27,30,32H,7-8,10,13-14,16,18-19,21H2,1-6H3,(H,42,49)(H,43,46)(H,44,48)(H,50,51)/b11-9-/t22-,23-,24-,26-,30+,32+,40-/m1/s1. The lowest BCUT2D eigenvalue weighted by Gasteiger charge is -2.34. The van der Waals surface area contributed by atoms with Crippen LogP contribution in [-0.4, -0.2) is 102 Å². The Bertz CT molecular complexity index is 2080. The summed E-state index contributed by atoms with van der Waals surface area (Å²) in [6.07, 6.45) is 5.17. The zero-order valence-electron chi connectivity index (χ0n) is 33.6. The molecule has 58 heavy (non-hydrogen) atoms. The molecular weight excluding hydrogens is 775 g/mol. The summed E-state index contributed by atoms with van der Waals surface area (Å²) in [6, 6.07) is 2.47. The van der Waals surface area contributed by atoms with Gasteiger partial charge in [0.05, 0.1) is 25.1 Å². The molecule has 0 radical (unpaired) electrons. The third kappa shape index (κ3) is 9.59. The van der Waals surface area contributed by atoms with Gasteiger partial charge in [0.2, 0.25) is 27.7 Å². The molecule has 7 atom stereocenters. The number of alkyl carbamates (subject to hydrolysis) is 1. The number of aromatic nitrogens is 1. The van der Waals surface area contributed by atoms with E-state index in [2.05, 4.69) is 27.3 Å². The number of pyridine rings is 1. The lowest BCUT2D eigenvalue weighted by molar-refractivity contribution is -0.142. The van der Waals surface area contributed by atoms with Crippen molar-refractivity contribution >= 4 is 50.8 Å². The molecule has 316 valence electrons. The second kappa shape index (κ2) is 16.6. The van der Waals surface area contributed by atoms with Crippen LogP contribution in [0.4, 0.5) is 9.59 Å². The predicted octanol–water partition coefficient (Wildman–Crippen LogP) is 4.43. The van der Waals surface area contributed by atoms with E-state index in [0.717, 1.165) is 6.42 Å². The van der Waals surface area contributed by atoms with E-state index in [0.29, 0.717) is 48.6 Å². The molecular formula is C40H53N5O12S. The second-order valence-electron chi connectivity index (χ2n) is 16.8. The zero-order valence-corrected chi connectivity index (χ0v) is 34.4. The molecule has 18 heteroatoms. The van der Waals surface area contributed by atoms with Gasteiger partial charge in [-0.2, -0.15) is 0 Å². The Morgan fingerprint density at radius 1 is 1.10 bits per heavy atom. The maximum Gasteiger partial charge on any atom is 0.511 e. The van der Waals surface area contributed by atoms with Crippen LogP contribution in [0.25, 0.3) is 10.8 Å². The van der Waals surface area contributed by atoms with Crippen molar-refractivity contribution in [3.05, 3.63) is 36.5 Å². The van der Waals surface area contributed by atoms with Crippen molar-refractivity contribution in [3.63, 3.8) is 0 Å². The first-order valence-corrected chi connectivity index (χ1v) is 21.3. The zero-order chi connectivity index (χ0) is 42.2. The third-order valence-electron chi connectivity index (χ3n) is 11.1. The summed E-state index contributed by atoms with van der Waals surface area (Å²) >= 11 is 0. The highest BCUT2D eigenvalue weighted by Crippen LogP contribution is 2.46. The minimum absolute atomic E-state index is 0.0632. The average molecular weight is 828 g/mol. The number of rotatable bonds is 9. The molecule has 4 aliphatic rings. The predicted molar refractivity (Wildman–Crippen MR) is 210 cm³/mol. The lowest BCUT2D eigenvalue weighted by Crippen LogP contribution is -2.59. The Morgan fingerprint density at radius 2 is 1.84 bits per heavy atom. The first-order valence-electron chi connectivity index (χ1n) is 19.7. The van der Waals surface area contributed by atoms with Gasteiger partial charge in [-0.3, -0.25) is 19.1 Å². The molecule has 17 nitrogen and oxygen atoms in total. The second-order valence-corrected chi connectivity index (χ2v) is 18.7. The Kier molecular flexibility index (Phi) is 12.2. The van der Waals surface area contributed by atoms with Crippen molar-refractivity contribution < 1.29 is 56.4 Å². The molecule has 1 saturated heterocycles. The highest BCUT2D eigenvalue weighted by atomic mass is 32.2. The van der Waals surface area contributed by atoms with E-state index in [1.165, 1.54) is 18.2 Å². The average Bonchev–Trinajstić information content (AvgIpc) is 4.08. The van der Waals surface area contributed by atoms with Gasteiger partial charge in [0.15, 0.2) is 5.75 Å². The van der Waals surface area contributed by atoms with Crippen LogP contribution in [0.15, 0.2) is 36.5 Å². The summed E-state index contributed by atoms with van der Waals surface area (Å²) in [4.78, 5) is 73.8. The first-order chi connectivity index (χ1) is 27.3. The van der Waals surface area contributed by atoms with Gasteiger partial charge in [-0.25, -0.2) is 23.0 Å². The van der Waals surface area contributed by atoms with E-state index < -0.39 is 80.5 Å². The molecule has 1 aromatic carbocycles. The molecule has 3 fully saturated rings. The van der Waals surface area contributed by atoms with E-state index in [1.54, 1.807) is 39.0 Å². The van der Waals surface area contributed by atoms with Crippen molar-refractivity contribution in [2.24, 2.45) is 17.8 Å². The third-order valence-corrected chi connectivity index (χ3v) is 13.0. The number of methoxy groups -OCH3 is 1. The largest absolute Gasteiger partial charge is 0.511 e. The number of fused-ring (bicyclic) bond motifs is 3. The van der Waals surface area contributed by atoms with E-state index in [9.17, 15) is 37.5 Å². The summed E-state index contributed by atoms with van der Waals surface area (Å²) in [5.41, 5.74) is -2.44. The van der Waals surface area contributed by atoms with Gasteiger partial charge >= 0.3 is 12.2 Å². The van der Waals surface area contributed by atoms with Crippen molar-refractivity contribution in [1.29, 1.82) is 0 Å². The SMILES string of the molecule is CC[C@@H]1C[C@H](C)CC/C=C\[C@@H]2C[C@@]2(C(=O)NS(=O)(=O)C2CC2)NC(=O)[C@@H]2C[C@@H](Oc3ncc(OC(=O)O)c4cc(OC)ccc34)CN2C(=O)[C@H]1NC(=O)OC(C)(C)C. The van der Waals surface area contributed by atoms with Gasteiger partial charge in [-0.15, -0.1) is 0 Å². The molecule has 3 heterocycles. The lowest BCUT2D eigenvalue weighted by atomic mass is 9.85. The van der Waals surface area contributed by atoms with Crippen LogP contribution in [0.5, 0.6) is 17.4 Å². The van der Waals surface area contributed by atoms with Crippen LogP contribution in [0.3, 0.4) is 0 Å². The highest BCUT2D eigenvalue weighted by molar-refractivity contribution is 7.91. The highest BCUT2D eigenvalue weighted by Gasteiger charge is 2.62. The molecule has 1 aromatic heterocycles. The van der Waals surface area contributed by atoms with Crippen LogP contribution in [0.1, 0.15) is 86.0 Å². The van der Waals surface area contributed by atoms with E-state index in [4.69, 9.17) is 18.9 Å². The van der Waals surface area contributed by atoms with Crippen LogP contribution in [0.2, 0.25) is 0 Å². The Hall–Kier alpha value is -5.13. The molecule has 2 aromatic rings. The molecule has 4 N–H and O–H groups in total. The van der Waals surface area contributed by atoms with E-state index >= 15 is 0 Å². The van der Waals surface area contributed by atoms with Crippen molar-refractivity contribution in [3.8, 4) is 17.4 Å². The number of hydrogen-bond acceptors (Lipinski definition) is 12. The van der Waals surface area contributed by atoms with Crippen molar-refractivity contribution in [2.45, 2.75) is 121 Å². The number of sulfonamides is 1. The number of ether oxygens (including phenoxy) is 4. The fourth-order valence-corrected chi connectivity index (χ4v) is 9.24. The minimum Gasteiger partial charge on any atom is -0.497 e. The van der Waals surface area contributed by atoms with E-state index in [-0.39, 0.29) is 42.9 Å².